The maximum Gasteiger partial charge on any atom is 0.449 e. The second-order valence-corrected chi connectivity index (χ2v) is 9.49. The lowest BCUT2D eigenvalue weighted by Gasteiger charge is -2.36. The van der Waals surface area contributed by atoms with Crippen LogP contribution in [0.4, 0.5) is 18.9 Å². The molecule has 0 bridgehead atoms. The predicted octanol–water partition coefficient (Wildman–Crippen LogP) is 5.63. The number of imidazole rings is 2. The molecule has 1 saturated heterocycles. The van der Waals surface area contributed by atoms with Crippen molar-refractivity contribution in [3.8, 4) is 17.1 Å². The number of nitrogens with zero attached hydrogens (tertiary/aromatic N) is 4. The number of aromatic amines is 2. The molecule has 0 atom stereocenters. The molecule has 5 aromatic rings. The summed E-state index contributed by atoms with van der Waals surface area (Å²) in [5, 5.41) is 0. The number of H-pyrrole nitrogens is 2. The van der Waals surface area contributed by atoms with E-state index >= 15 is 0 Å². The van der Waals surface area contributed by atoms with E-state index in [0.29, 0.717) is 24.4 Å². The quantitative estimate of drug-likeness (QED) is 0.304. The van der Waals surface area contributed by atoms with Crippen LogP contribution in [0.2, 0.25) is 0 Å². The minimum absolute atomic E-state index is 0.196. The zero-order chi connectivity index (χ0) is 26.3. The van der Waals surface area contributed by atoms with Crippen molar-refractivity contribution in [1.82, 2.24) is 24.8 Å². The summed E-state index contributed by atoms with van der Waals surface area (Å²) in [7, 11) is 0. The second-order valence-electron chi connectivity index (χ2n) is 9.49. The van der Waals surface area contributed by atoms with E-state index in [4.69, 9.17) is 9.72 Å². The SMILES string of the molecule is Cc1ccccc1-c1nc2c(N3CCN(CCOc4cccc5[nH]c(C(F)(F)F)nc45)CC3)cccc2[nH]1. The van der Waals surface area contributed by atoms with Crippen LogP contribution in [0.5, 0.6) is 5.75 Å². The van der Waals surface area contributed by atoms with Crippen molar-refractivity contribution >= 4 is 27.8 Å². The minimum Gasteiger partial charge on any atom is -0.490 e. The summed E-state index contributed by atoms with van der Waals surface area (Å²) in [6.45, 7) is 6.50. The van der Waals surface area contributed by atoms with Gasteiger partial charge in [-0.15, -0.1) is 0 Å². The highest BCUT2D eigenvalue weighted by atomic mass is 19.4. The van der Waals surface area contributed by atoms with Crippen molar-refractivity contribution in [2.24, 2.45) is 0 Å². The third-order valence-corrected chi connectivity index (χ3v) is 7.01. The summed E-state index contributed by atoms with van der Waals surface area (Å²) < 4.78 is 45.0. The first-order valence-corrected chi connectivity index (χ1v) is 12.6. The molecule has 10 heteroatoms. The van der Waals surface area contributed by atoms with E-state index in [1.807, 2.05) is 12.1 Å². The number of nitrogens with one attached hydrogen (secondary N) is 2. The molecule has 1 aliphatic heterocycles. The molecule has 6 rings (SSSR count). The standard InChI is InChI=1S/C28H27F3N6O/c1-18-6-2-3-7-19(18)26-32-20-8-4-10-22(24(20)34-26)37-14-12-36(13-15-37)16-17-38-23-11-5-9-21-25(23)35-27(33-21)28(29,30)31/h2-11H,12-17H2,1H3,(H,32,34)(H,33,35). The Bertz CT molecular complexity index is 1580. The van der Waals surface area contributed by atoms with Crippen LogP contribution in [0, 0.1) is 6.92 Å². The number of benzene rings is 3. The van der Waals surface area contributed by atoms with Crippen LogP contribution in [0.15, 0.2) is 60.7 Å². The maximum atomic E-state index is 13.0. The topological polar surface area (TPSA) is 73.1 Å². The number of alkyl halides is 3. The van der Waals surface area contributed by atoms with E-state index in [1.165, 1.54) is 5.56 Å². The molecular formula is C28H27F3N6O. The number of aromatic nitrogens is 4. The molecule has 0 saturated carbocycles. The first-order valence-electron chi connectivity index (χ1n) is 12.6. The van der Waals surface area contributed by atoms with Crippen LogP contribution in [-0.2, 0) is 6.18 Å². The lowest BCUT2D eigenvalue weighted by molar-refractivity contribution is -0.144. The molecule has 3 heterocycles. The van der Waals surface area contributed by atoms with Crippen molar-refractivity contribution in [2.75, 3.05) is 44.2 Å². The van der Waals surface area contributed by atoms with Gasteiger partial charge in [-0.2, -0.15) is 13.2 Å². The Hall–Kier alpha value is -4.05. The summed E-state index contributed by atoms with van der Waals surface area (Å²) in [5.74, 6) is 0.204. The molecule has 0 unspecified atom stereocenters. The van der Waals surface area contributed by atoms with Crippen LogP contribution in [0.25, 0.3) is 33.5 Å². The number of piperazine rings is 1. The third kappa shape index (κ3) is 4.67. The molecule has 196 valence electrons. The summed E-state index contributed by atoms with van der Waals surface area (Å²) in [6.07, 6.45) is -4.53. The van der Waals surface area contributed by atoms with Crippen LogP contribution < -0.4 is 9.64 Å². The molecule has 0 spiro atoms. The Kier molecular flexibility index (Phi) is 6.19. The zero-order valence-electron chi connectivity index (χ0n) is 20.8. The molecule has 2 aromatic heterocycles. The Morgan fingerprint density at radius 3 is 2.34 bits per heavy atom. The number of ether oxygens (including phenoxy) is 1. The van der Waals surface area contributed by atoms with Gasteiger partial charge in [0.15, 0.2) is 0 Å². The lowest BCUT2D eigenvalue weighted by atomic mass is 10.1. The number of anilines is 1. The maximum absolute atomic E-state index is 13.0. The van der Waals surface area contributed by atoms with Crippen LogP contribution in [-0.4, -0.2) is 64.2 Å². The van der Waals surface area contributed by atoms with Crippen molar-refractivity contribution in [3.63, 3.8) is 0 Å². The first-order chi connectivity index (χ1) is 18.4. The van der Waals surface area contributed by atoms with Gasteiger partial charge in [0.05, 0.1) is 16.7 Å². The Morgan fingerprint density at radius 1 is 0.842 bits per heavy atom. The van der Waals surface area contributed by atoms with E-state index in [-0.39, 0.29) is 5.52 Å². The van der Waals surface area contributed by atoms with E-state index in [9.17, 15) is 13.2 Å². The molecular weight excluding hydrogens is 493 g/mol. The van der Waals surface area contributed by atoms with Crippen LogP contribution in [0.1, 0.15) is 11.4 Å². The van der Waals surface area contributed by atoms with Gasteiger partial charge < -0.3 is 19.6 Å². The largest absolute Gasteiger partial charge is 0.490 e. The van der Waals surface area contributed by atoms with Gasteiger partial charge in [0.25, 0.3) is 0 Å². The molecule has 1 aliphatic rings. The lowest BCUT2D eigenvalue weighted by Crippen LogP contribution is -2.47. The van der Waals surface area contributed by atoms with Gasteiger partial charge in [0, 0.05) is 38.3 Å². The van der Waals surface area contributed by atoms with E-state index in [0.717, 1.165) is 54.3 Å². The number of aryl methyl sites for hydroxylation is 1. The monoisotopic (exact) mass is 520 g/mol. The molecule has 0 radical (unpaired) electrons. The normalized spacial score (nSPS) is 15.0. The predicted molar refractivity (Wildman–Crippen MR) is 142 cm³/mol. The van der Waals surface area contributed by atoms with Crippen molar-refractivity contribution < 1.29 is 17.9 Å². The Morgan fingerprint density at radius 2 is 1.58 bits per heavy atom. The number of rotatable bonds is 6. The van der Waals surface area contributed by atoms with Gasteiger partial charge in [-0.05, 0) is 36.8 Å². The van der Waals surface area contributed by atoms with Gasteiger partial charge in [0.2, 0.25) is 5.82 Å². The highest BCUT2D eigenvalue weighted by Gasteiger charge is 2.35. The van der Waals surface area contributed by atoms with Crippen molar-refractivity contribution in [2.45, 2.75) is 13.1 Å². The van der Waals surface area contributed by atoms with Gasteiger partial charge in [0.1, 0.15) is 29.2 Å². The Balaban J connectivity index is 1.09. The fourth-order valence-corrected chi connectivity index (χ4v) is 4.99. The van der Waals surface area contributed by atoms with Gasteiger partial charge in [-0.3, -0.25) is 4.90 Å². The smallest absolute Gasteiger partial charge is 0.449 e. The molecule has 38 heavy (non-hydrogen) atoms. The highest BCUT2D eigenvalue weighted by Crippen LogP contribution is 2.32. The average Bonchev–Trinajstić information content (AvgIpc) is 3.55. The third-order valence-electron chi connectivity index (χ3n) is 7.01. The molecule has 7 nitrogen and oxygen atoms in total. The van der Waals surface area contributed by atoms with Crippen molar-refractivity contribution in [1.29, 1.82) is 0 Å². The van der Waals surface area contributed by atoms with Crippen molar-refractivity contribution in [3.05, 3.63) is 72.1 Å². The molecule has 2 N–H and O–H groups in total. The number of halogens is 3. The molecule has 3 aromatic carbocycles. The first kappa shape index (κ1) is 24.3. The van der Waals surface area contributed by atoms with Gasteiger partial charge >= 0.3 is 6.18 Å². The number of hydrogen-bond donors (Lipinski definition) is 2. The summed E-state index contributed by atoms with van der Waals surface area (Å²) in [4.78, 5) is 19.1. The fraction of sp³-hybridized carbons (Fsp3) is 0.286. The summed E-state index contributed by atoms with van der Waals surface area (Å²) >= 11 is 0. The summed E-state index contributed by atoms with van der Waals surface area (Å²) in [5.41, 5.74) is 5.86. The fourth-order valence-electron chi connectivity index (χ4n) is 4.99. The van der Waals surface area contributed by atoms with Gasteiger partial charge in [-0.1, -0.05) is 36.4 Å². The molecule has 0 aliphatic carbocycles. The van der Waals surface area contributed by atoms with Crippen LogP contribution >= 0.6 is 0 Å². The highest BCUT2D eigenvalue weighted by molar-refractivity contribution is 5.91. The zero-order valence-corrected chi connectivity index (χ0v) is 20.8. The van der Waals surface area contributed by atoms with E-state index in [2.05, 4.69) is 62.0 Å². The molecule has 0 amide bonds. The van der Waals surface area contributed by atoms with Gasteiger partial charge in [-0.25, -0.2) is 9.97 Å². The number of fused-ring (bicyclic) bond motifs is 2. The summed E-state index contributed by atoms with van der Waals surface area (Å²) in [6, 6.07) is 19.3. The van der Waals surface area contributed by atoms with E-state index in [1.54, 1.807) is 18.2 Å². The number of hydrogen-bond acceptors (Lipinski definition) is 5. The Labute approximate surface area is 217 Å². The minimum atomic E-state index is -4.53. The van der Waals surface area contributed by atoms with E-state index < -0.39 is 12.0 Å². The average molecular weight is 521 g/mol. The second kappa shape index (κ2) is 9.68. The van der Waals surface area contributed by atoms with Crippen LogP contribution in [0.3, 0.4) is 0 Å². The molecule has 1 fully saturated rings. The number of para-hydroxylation sites is 2.